The molecular weight excluding hydrogens is 516 g/mol. The molecule has 0 spiro atoms. The average molecular weight is 547 g/mol. The van der Waals surface area contributed by atoms with Crippen molar-refractivity contribution >= 4 is 40.8 Å². The van der Waals surface area contributed by atoms with E-state index in [1.807, 2.05) is 36.6 Å². The van der Waals surface area contributed by atoms with Crippen molar-refractivity contribution in [1.82, 2.24) is 15.1 Å². The number of rotatable bonds is 7. The number of nitro groups is 1. The minimum Gasteiger partial charge on any atom is -0.349 e. The van der Waals surface area contributed by atoms with E-state index in [0.717, 1.165) is 31.2 Å². The van der Waals surface area contributed by atoms with Crippen molar-refractivity contribution in [2.24, 2.45) is 0 Å². The number of nitrogens with one attached hydrogen (secondary N) is 3. The Labute approximate surface area is 230 Å². The molecule has 0 radical (unpaired) electrons. The second-order valence-corrected chi connectivity index (χ2v) is 10.5. The molecule has 1 saturated carbocycles. The maximum atomic E-state index is 13.7. The number of hydrogen-bond donors (Lipinski definition) is 3. The standard InChI is InChI=1S/C28H30N6O4S/c1-17-22(26(35)31-20-15-9-10-16-21(20)34(37)38)24(18-11-5-3-6-12-18)33-25(29-17)23(28(32-33)39-2)27(36)30-19-13-7-4-8-14-19/h3,5-6,9-12,15-16,19,24,29H,4,7-8,13-14H2,1-2H3,(H,30,36)(H,31,35). The molecule has 3 aromatic rings. The number of allylic oxidation sites excluding steroid dienone is 1. The monoisotopic (exact) mass is 546 g/mol. The second kappa shape index (κ2) is 11.3. The van der Waals surface area contributed by atoms with E-state index in [-0.39, 0.29) is 23.3 Å². The first kappa shape index (κ1) is 26.5. The predicted molar refractivity (Wildman–Crippen MR) is 151 cm³/mol. The number of carbonyl (C=O) groups excluding carboxylic acids is 2. The minimum absolute atomic E-state index is 0.100. The summed E-state index contributed by atoms with van der Waals surface area (Å²) >= 11 is 1.37. The van der Waals surface area contributed by atoms with Gasteiger partial charge >= 0.3 is 0 Å². The fourth-order valence-electron chi connectivity index (χ4n) is 5.31. The zero-order valence-corrected chi connectivity index (χ0v) is 22.6. The van der Waals surface area contributed by atoms with Crippen molar-refractivity contribution in [3.8, 4) is 0 Å². The first-order valence-corrected chi connectivity index (χ1v) is 14.2. The van der Waals surface area contributed by atoms with Crippen molar-refractivity contribution in [3.63, 3.8) is 0 Å². The highest BCUT2D eigenvalue weighted by Crippen LogP contribution is 2.41. The van der Waals surface area contributed by atoms with Crippen molar-refractivity contribution in [2.75, 3.05) is 16.9 Å². The van der Waals surface area contributed by atoms with Gasteiger partial charge in [0.1, 0.15) is 28.1 Å². The van der Waals surface area contributed by atoms with E-state index in [4.69, 9.17) is 5.10 Å². The summed E-state index contributed by atoms with van der Waals surface area (Å²) in [6, 6.07) is 14.9. The van der Waals surface area contributed by atoms with Crippen LogP contribution in [0, 0.1) is 10.1 Å². The van der Waals surface area contributed by atoms with Crippen LogP contribution >= 0.6 is 11.8 Å². The summed E-state index contributed by atoms with van der Waals surface area (Å²) < 4.78 is 1.68. The normalized spacial score (nSPS) is 17.2. The summed E-state index contributed by atoms with van der Waals surface area (Å²) in [5, 5.41) is 26.1. The third-order valence-electron chi connectivity index (χ3n) is 7.18. The van der Waals surface area contributed by atoms with Crippen LogP contribution in [0.1, 0.15) is 61.0 Å². The molecule has 5 rings (SSSR count). The van der Waals surface area contributed by atoms with Crippen molar-refractivity contribution in [2.45, 2.75) is 56.1 Å². The van der Waals surface area contributed by atoms with Crippen LogP contribution in [0.25, 0.3) is 0 Å². The van der Waals surface area contributed by atoms with Gasteiger partial charge in [0, 0.05) is 17.8 Å². The molecule has 1 atom stereocenters. The molecular formula is C28H30N6O4S. The van der Waals surface area contributed by atoms with Crippen LogP contribution in [0.5, 0.6) is 0 Å². The number of anilines is 2. The number of carbonyl (C=O) groups is 2. The molecule has 2 aliphatic rings. The molecule has 1 aliphatic heterocycles. The minimum atomic E-state index is -0.660. The summed E-state index contributed by atoms with van der Waals surface area (Å²) in [6.07, 6.45) is 7.16. The Bertz CT molecular complexity index is 1450. The number of nitro benzene ring substituents is 1. The Hall–Kier alpha value is -4.12. The van der Waals surface area contributed by atoms with E-state index in [0.29, 0.717) is 27.7 Å². The molecule has 2 amide bonds. The van der Waals surface area contributed by atoms with Gasteiger partial charge in [-0.15, -0.1) is 11.8 Å². The molecule has 0 saturated heterocycles. The van der Waals surface area contributed by atoms with Gasteiger partial charge in [0.15, 0.2) is 0 Å². The zero-order valence-electron chi connectivity index (χ0n) is 21.8. The average Bonchev–Trinajstić information content (AvgIpc) is 3.31. The molecule has 2 heterocycles. The van der Waals surface area contributed by atoms with Crippen LogP contribution in [0.2, 0.25) is 0 Å². The van der Waals surface area contributed by atoms with Gasteiger partial charge in [-0.3, -0.25) is 19.7 Å². The lowest BCUT2D eigenvalue weighted by atomic mass is 9.94. The molecule has 39 heavy (non-hydrogen) atoms. The lowest BCUT2D eigenvalue weighted by Gasteiger charge is -2.30. The first-order valence-electron chi connectivity index (χ1n) is 12.9. The fourth-order valence-corrected chi connectivity index (χ4v) is 5.87. The topological polar surface area (TPSA) is 131 Å². The Morgan fingerprint density at radius 3 is 2.44 bits per heavy atom. The third kappa shape index (κ3) is 5.26. The van der Waals surface area contributed by atoms with E-state index in [2.05, 4.69) is 16.0 Å². The van der Waals surface area contributed by atoms with Crippen LogP contribution < -0.4 is 16.0 Å². The summed E-state index contributed by atoms with van der Waals surface area (Å²) in [4.78, 5) is 38.3. The molecule has 0 bridgehead atoms. The molecule has 11 heteroatoms. The fraction of sp³-hybridized carbons (Fsp3) is 0.321. The highest BCUT2D eigenvalue weighted by atomic mass is 32.2. The molecule has 10 nitrogen and oxygen atoms in total. The number of hydrogen-bond acceptors (Lipinski definition) is 7. The van der Waals surface area contributed by atoms with Crippen LogP contribution in [0.4, 0.5) is 17.2 Å². The number of benzene rings is 2. The molecule has 1 aromatic heterocycles. The highest BCUT2D eigenvalue weighted by Gasteiger charge is 2.38. The van der Waals surface area contributed by atoms with Crippen molar-refractivity contribution < 1.29 is 14.5 Å². The summed E-state index contributed by atoms with van der Waals surface area (Å²) in [6.45, 7) is 1.77. The highest BCUT2D eigenvalue weighted by molar-refractivity contribution is 7.98. The molecule has 202 valence electrons. The van der Waals surface area contributed by atoms with Gasteiger partial charge in [-0.2, -0.15) is 5.10 Å². The quantitative estimate of drug-likeness (QED) is 0.202. The Balaban J connectivity index is 1.56. The first-order chi connectivity index (χ1) is 18.9. The van der Waals surface area contributed by atoms with Gasteiger partial charge < -0.3 is 16.0 Å². The van der Waals surface area contributed by atoms with Gasteiger partial charge in [-0.25, -0.2) is 4.68 Å². The van der Waals surface area contributed by atoms with Crippen LogP contribution in [-0.2, 0) is 4.79 Å². The lowest BCUT2D eigenvalue weighted by Crippen LogP contribution is -2.37. The van der Waals surface area contributed by atoms with E-state index < -0.39 is 16.9 Å². The molecule has 1 aliphatic carbocycles. The predicted octanol–water partition coefficient (Wildman–Crippen LogP) is 5.50. The SMILES string of the molecule is CSc1nn2c(c1C(=O)NC1CCCCC1)NC(C)=C(C(=O)Nc1ccccc1[N+](=O)[O-])C2c1ccccc1. The number of fused-ring (bicyclic) bond motifs is 1. The van der Waals surface area contributed by atoms with Gasteiger partial charge in [0.25, 0.3) is 17.5 Å². The van der Waals surface area contributed by atoms with Crippen molar-refractivity contribution in [3.05, 3.63) is 87.1 Å². The van der Waals surface area contributed by atoms with Crippen molar-refractivity contribution in [1.29, 1.82) is 0 Å². The van der Waals surface area contributed by atoms with E-state index in [9.17, 15) is 19.7 Å². The van der Waals surface area contributed by atoms with Gasteiger partial charge in [0.2, 0.25) is 0 Å². The lowest BCUT2D eigenvalue weighted by molar-refractivity contribution is -0.383. The summed E-state index contributed by atoms with van der Waals surface area (Å²) in [5.74, 6) is -0.170. The number of para-hydroxylation sites is 2. The smallest absolute Gasteiger partial charge is 0.292 e. The molecule has 1 unspecified atom stereocenters. The third-order valence-corrected chi connectivity index (χ3v) is 7.85. The van der Waals surface area contributed by atoms with Crippen LogP contribution in [-0.4, -0.2) is 38.8 Å². The second-order valence-electron chi connectivity index (χ2n) is 9.69. The molecule has 3 N–H and O–H groups in total. The summed E-state index contributed by atoms with van der Waals surface area (Å²) in [5.41, 5.74) is 2.03. The van der Waals surface area contributed by atoms with Crippen LogP contribution in [0.3, 0.4) is 0 Å². The Kier molecular flexibility index (Phi) is 7.69. The number of aromatic nitrogens is 2. The Morgan fingerprint density at radius 2 is 1.74 bits per heavy atom. The maximum Gasteiger partial charge on any atom is 0.292 e. The Morgan fingerprint density at radius 1 is 1.05 bits per heavy atom. The van der Waals surface area contributed by atoms with Crippen LogP contribution in [0.15, 0.2) is 70.9 Å². The molecule has 1 fully saturated rings. The van der Waals surface area contributed by atoms with Gasteiger partial charge in [0.05, 0.1) is 10.5 Å². The summed E-state index contributed by atoms with van der Waals surface area (Å²) in [7, 11) is 0. The number of nitrogens with zero attached hydrogens (tertiary/aromatic N) is 3. The molecule has 2 aromatic carbocycles. The number of amides is 2. The number of thioether (sulfide) groups is 1. The maximum absolute atomic E-state index is 13.7. The van der Waals surface area contributed by atoms with Gasteiger partial charge in [-0.1, -0.05) is 61.7 Å². The van der Waals surface area contributed by atoms with E-state index in [1.165, 1.54) is 30.3 Å². The largest absolute Gasteiger partial charge is 0.349 e. The van der Waals surface area contributed by atoms with Gasteiger partial charge in [-0.05, 0) is 37.7 Å². The zero-order chi connectivity index (χ0) is 27.5. The van der Waals surface area contributed by atoms with E-state index >= 15 is 0 Å². The van der Waals surface area contributed by atoms with E-state index in [1.54, 1.807) is 23.7 Å².